The van der Waals surface area contributed by atoms with Gasteiger partial charge in [0, 0.05) is 0 Å². The van der Waals surface area contributed by atoms with Crippen molar-refractivity contribution >= 4 is 11.9 Å². The number of carboxylic acid groups (broad SMARTS) is 1. The Hall–Kier alpha value is -1.10. The van der Waals surface area contributed by atoms with E-state index in [2.05, 4.69) is 5.32 Å². The van der Waals surface area contributed by atoms with Crippen molar-refractivity contribution in [1.29, 1.82) is 0 Å². The molecule has 1 amide bonds. The minimum atomic E-state index is -1.10. The minimum absolute atomic E-state index is 0.322. The summed E-state index contributed by atoms with van der Waals surface area (Å²) >= 11 is 0. The molecule has 4 N–H and O–H groups in total. The van der Waals surface area contributed by atoms with Crippen molar-refractivity contribution in [3.63, 3.8) is 0 Å². The highest BCUT2D eigenvalue weighted by Crippen LogP contribution is 2.27. The molecule has 0 aliphatic heterocycles. The van der Waals surface area contributed by atoms with Gasteiger partial charge in [0.25, 0.3) is 0 Å². The molecular weight excluding hydrogens is 244 g/mol. The standard InChI is InChI=1S/C14H26N2O3/c1-2-3-8-11(15)12(17)16-14(13(18)19)9-6-4-5-7-10-14/h11H,2-10,15H2,1H3,(H,16,17)(H,18,19). The summed E-state index contributed by atoms with van der Waals surface area (Å²) in [6, 6.07) is -0.598. The molecule has 0 heterocycles. The lowest BCUT2D eigenvalue weighted by molar-refractivity contribution is -0.148. The van der Waals surface area contributed by atoms with Gasteiger partial charge in [-0.2, -0.15) is 0 Å². The summed E-state index contributed by atoms with van der Waals surface area (Å²) in [5.41, 5.74) is 4.71. The van der Waals surface area contributed by atoms with Gasteiger partial charge in [0.2, 0.25) is 5.91 Å². The molecule has 1 aliphatic rings. The molecule has 0 spiro atoms. The highest BCUT2D eigenvalue weighted by molar-refractivity contribution is 5.89. The number of carboxylic acids is 1. The molecule has 0 aromatic rings. The summed E-state index contributed by atoms with van der Waals surface area (Å²) in [7, 11) is 0. The van der Waals surface area contributed by atoms with E-state index in [4.69, 9.17) is 5.73 Å². The number of hydrogen-bond acceptors (Lipinski definition) is 3. The van der Waals surface area contributed by atoms with Crippen LogP contribution in [0.1, 0.15) is 64.7 Å². The van der Waals surface area contributed by atoms with E-state index in [1.807, 2.05) is 6.92 Å². The van der Waals surface area contributed by atoms with Crippen molar-refractivity contribution in [3.05, 3.63) is 0 Å². The fraction of sp³-hybridized carbons (Fsp3) is 0.857. The number of amides is 1. The molecule has 110 valence electrons. The third kappa shape index (κ3) is 4.49. The number of hydrogen-bond donors (Lipinski definition) is 3. The second kappa shape index (κ2) is 7.48. The molecule has 0 radical (unpaired) electrons. The normalized spacial score (nSPS) is 20.3. The lowest BCUT2D eigenvalue weighted by Gasteiger charge is -2.30. The SMILES string of the molecule is CCCCC(N)C(=O)NC1(C(=O)O)CCCCCC1. The Morgan fingerprint density at radius 1 is 1.26 bits per heavy atom. The predicted octanol–water partition coefficient (Wildman–Crippen LogP) is 1.80. The topological polar surface area (TPSA) is 92.4 Å². The van der Waals surface area contributed by atoms with E-state index in [-0.39, 0.29) is 5.91 Å². The quantitative estimate of drug-likeness (QED) is 0.642. The Labute approximate surface area is 114 Å². The van der Waals surface area contributed by atoms with Crippen LogP contribution in [0.25, 0.3) is 0 Å². The molecule has 19 heavy (non-hydrogen) atoms. The molecule has 1 saturated carbocycles. The number of carbonyl (C=O) groups is 2. The Kier molecular flexibility index (Phi) is 6.28. The Morgan fingerprint density at radius 3 is 2.32 bits per heavy atom. The van der Waals surface area contributed by atoms with Crippen molar-refractivity contribution < 1.29 is 14.7 Å². The molecule has 1 rings (SSSR count). The summed E-state index contributed by atoms with van der Waals surface area (Å²) in [4.78, 5) is 23.6. The maximum absolute atomic E-state index is 12.0. The van der Waals surface area contributed by atoms with Gasteiger partial charge in [0.15, 0.2) is 0 Å². The molecule has 1 unspecified atom stereocenters. The second-order valence-electron chi connectivity index (χ2n) is 5.54. The first-order chi connectivity index (χ1) is 9.02. The van der Waals surface area contributed by atoms with Crippen molar-refractivity contribution in [2.75, 3.05) is 0 Å². The largest absolute Gasteiger partial charge is 0.480 e. The number of aliphatic carboxylic acids is 1. The third-order valence-electron chi connectivity index (χ3n) is 3.93. The van der Waals surface area contributed by atoms with E-state index in [0.717, 1.165) is 38.5 Å². The van der Waals surface area contributed by atoms with Crippen LogP contribution in [0.2, 0.25) is 0 Å². The summed E-state index contributed by atoms with van der Waals surface area (Å²) in [5.74, 6) is -1.25. The zero-order valence-electron chi connectivity index (χ0n) is 11.8. The molecular formula is C14H26N2O3. The van der Waals surface area contributed by atoms with Gasteiger partial charge in [0.1, 0.15) is 5.54 Å². The van der Waals surface area contributed by atoms with E-state index in [9.17, 15) is 14.7 Å². The smallest absolute Gasteiger partial charge is 0.329 e. The fourth-order valence-electron chi connectivity index (χ4n) is 2.61. The first-order valence-electron chi connectivity index (χ1n) is 7.33. The summed E-state index contributed by atoms with van der Waals surface area (Å²) in [6.07, 6.45) is 7.24. The highest BCUT2D eigenvalue weighted by atomic mass is 16.4. The molecule has 5 nitrogen and oxygen atoms in total. The second-order valence-corrected chi connectivity index (χ2v) is 5.54. The molecule has 0 saturated heterocycles. The van der Waals surface area contributed by atoms with Crippen LogP contribution in [-0.2, 0) is 9.59 Å². The van der Waals surface area contributed by atoms with Crippen molar-refractivity contribution in [3.8, 4) is 0 Å². The summed E-state index contributed by atoms with van der Waals surface area (Å²) in [6.45, 7) is 2.04. The van der Waals surface area contributed by atoms with Crippen molar-refractivity contribution in [2.24, 2.45) is 5.73 Å². The first-order valence-corrected chi connectivity index (χ1v) is 7.33. The third-order valence-corrected chi connectivity index (χ3v) is 3.93. The Morgan fingerprint density at radius 2 is 1.84 bits per heavy atom. The van der Waals surface area contributed by atoms with Gasteiger partial charge in [-0.15, -0.1) is 0 Å². The number of nitrogens with two attached hydrogens (primary N) is 1. The van der Waals surface area contributed by atoms with Crippen LogP contribution >= 0.6 is 0 Å². The van der Waals surface area contributed by atoms with Crippen LogP contribution in [-0.4, -0.2) is 28.6 Å². The van der Waals surface area contributed by atoms with Gasteiger partial charge in [-0.1, -0.05) is 45.4 Å². The lowest BCUT2D eigenvalue weighted by Crippen LogP contribution is -2.58. The maximum Gasteiger partial charge on any atom is 0.329 e. The Bertz CT molecular complexity index is 310. The van der Waals surface area contributed by atoms with Crippen molar-refractivity contribution in [2.45, 2.75) is 76.3 Å². The zero-order chi connectivity index (χ0) is 14.3. The molecule has 5 heteroatoms. The molecule has 1 atom stereocenters. The van der Waals surface area contributed by atoms with Crippen molar-refractivity contribution in [1.82, 2.24) is 5.32 Å². The summed E-state index contributed by atoms with van der Waals surface area (Å²) < 4.78 is 0. The van der Waals surface area contributed by atoms with Crippen LogP contribution in [0, 0.1) is 0 Å². The predicted molar refractivity (Wildman–Crippen MR) is 73.7 cm³/mol. The number of unbranched alkanes of at least 4 members (excludes halogenated alkanes) is 1. The highest BCUT2D eigenvalue weighted by Gasteiger charge is 2.40. The van der Waals surface area contributed by atoms with Gasteiger partial charge in [-0.05, 0) is 19.3 Å². The average molecular weight is 270 g/mol. The molecule has 0 aromatic heterocycles. The first kappa shape index (κ1) is 16.0. The number of rotatable bonds is 6. The van der Waals surface area contributed by atoms with Gasteiger partial charge >= 0.3 is 5.97 Å². The van der Waals surface area contributed by atoms with Gasteiger partial charge in [-0.3, -0.25) is 4.79 Å². The van der Waals surface area contributed by atoms with Crippen LogP contribution in [0.4, 0.5) is 0 Å². The van der Waals surface area contributed by atoms with Gasteiger partial charge < -0.3 is 16.2 Å². The van der Waals surface area contributed by atoms with Crippen LogP contribution in [0.15, 0.2) is 0 Å². The van der Waals surface area contributed by atoms with Crippen LogP contribution in [0.3, 0.4) is 0 Å². The zero-order valence-corrected chi connectivity index (χ0v) is 11.8. The van der Waals surface area contributed by atoms with E-state index in [1.165, 1.54) is 0 Å². The molecule has 0 aromatic carbocycles. The van der Waals surface area contributed by atoms with Gasteiger partial charge in [-0.25, -0.2) is 4.79 Å². The minimum Gasteiger partial charge on any atom is -0.480 e. The molecule has 1 aliphatic carbocycles. The van der Waals surface area contributed by atoms with Gasteiger partial charge in [0.05, 0.1) is 6.04 Å². The molecule has 0 bridgehead atoms. The molecule has 1 fully saturated rings. The van der Waals surface area contributed by atoms with E-state index < -0.39 is 17.6 Å². The average Bonchev–Trinajstić information content (AvgIpc) is 2.62. The lowest BCUT2D eigenvalue weighted by atomic mass is 9.89. The van der Waals surface area contributed by atoms with E-state index in [0.29, 0.717) is 19.3 Å². The van der Waals surface area contributed by atoms with E-state index in [1.54, 1.807) is 0 Å². The Balaban J connectivity index is 2.67. The summed E-state index contributed by atoms with van der Waals surface area (Å²) in [5, 5.41) is 12.2. The monoisotopic (exact) mass is 270 g/mol. The maximum atomic E-state index is 12.0. The fourth-order valence-corrected chi connectivity index (χ4v) is 2.61. The van der Waals surface area contributed by atoms with E-state index >= 15 is 0 Å². The van der Waals surface area contributed by atoms with Crippen LogP contribution in [0.5, 0.6) is 0 Å². The number of nitrogens with one attached hydrogen (secondary N) is 1. The van der Waals surface area contributed by atoms with Crippen LogP contribution < -0.4 is 11.1 Å². The number of carbonyl (C=O) groups excluding carboxylic acids is 1.